The number of carbonyl (C=O) groups excluding carboxylic acids is 1. The van der Waals surface area contributed by atoms with Crippen molar-refractivity contribution in [1.82, 2.24) is 0 Å². The fraction of sp³-hybridized carbons (Fsp3) is 0.316. The van der Waals surface area contributed by atoms with E-state index in [1.807, 2.05) is 32.0 Å². The largest absolute Gasteiger partial charge is 0.481 e. The minimum atomic E-state index is -3.37. The van der Waals surface area contributed by atoms with E-state index in [2.05, 4.69) is 5.32 Å². The second-order valence-corrected chi connectivity index (χ2v) is 8.24. The SMILES string of the molecule is Cc1cccc(OC(C)C(=O)Nc2cccc(N(C)S(C)(=O)=O)c2)c1C. The van der Waals surface area contributed by atoms with Crippen LogP contribution in [0.3, 0.4) is 0 Å². The lowest BCUT2D eigenvalue weighted by Gasteiger charge is -2.19. The molecule has 2 aromatic rings. The first-order valence-corrected chi connectivity index (χ1v) is 10.0. The highest BCUT2D eigenvalue weighted by Gasteiger charge is 2.17. The highest BCUT2D eigenvalue weighted by Crippen LogP contribution is 2.23. The summed E-state index contributed by atoms with van der Waals surface area (Å²) in [6.45, 7) is 5.60. The number of aryl methyl sites for hydroxylation is 1. The lowest BCUT2D eigenvalue weighted by molar-refractivity contribution is -0.122. The van der Waals surface area contributed by atoms with Crippen LogP contribution in [-0.4, -0.2) is 33.7 Å². The number of carbonyl (C=O) groups is 1. The topological polar surface area (TPSA) is 75.7 Å². The van der Waals surface area contributed by atoms with Crippen LogP contribution in [0.5, 0.6) is 5.75 Å². The van der Waals surface area contributed by atoms with Crippen LogP contribution in [0.2, 0.25) is 0 Å². The van der Waals surface area contributed by atoms with E-state index in [1.54, 1.807) is 31.2 Å². The van der Waals surface area contributed by atoms with E-state index in [0.29, 0.717) is 17.1 Å². The molecule has 1 unspecified atom stereocenters. The lowest BCUT2D eigenvalue weighted by atomic mass is 10.1. The van der Waals surface area contributed by atoms with Gasteiger partial charge in [-0.2, -0.15) is 0 Å². The second-order valence-electron chi connectivity index (χ2n) is 6.23. The van der Waals surface area contributed by atoms with E-state index >= 15 is 0 Å². The first-order valence-electron chi connectivity index (χ1n) is 8.17. The molecule has 7 heteroatoms. The summed E-state index contributed by atoms with van der Waals surface area (Å²) in [7, 11) is -1.91. The van der Waals surface area contributed by atoms with Gasteiger partial charge in [0.15, 0.2) is 6.10 Å². The molecule has 1 N–H and O–H groups in total. The summed E-state index contributed by atoms with van der Waals surface area (Å²) in [5.74, 6) is 0.350. The number of hydrogen-bond acceptors (Lipinski definition) is 4. The van der Waals surface area contributed by atoms with E-state index in [-0.39, 0.29) is 5.91 Å². The number of hydrogen-bond donors (Lipinski definition) is 1. The van der Waals surface area contributed by atoms with E-state index in [4.69, 9.17) is 4.74 Å². The van der Waals surface area contributed by atoms with Gasteiger partial charge in [0.05, 0.1) is 11.9 Å². The molecule has 0 aliphatic carbocycles. The Hall–Kier alpha value is -2.54. The molecule has 0 saturated heterocycles. The van der Waals surface area contributed by atoms with E-state index < -0.39 is 16.1 Å². The molecule has 0 aliphatic heterocycles. The van der Waals surface area contributed by atoms with Gasteiger partial charge in [-0.3, -0.25) is 9.10 Å². The van der Waals surface area contributed by atoms with Crippen molar-refractivity contribution >= 4 is 27.3 Å². The fourth-order valence-corrected chi connectivity index (χ4v) is 2.81. The van der Waals surface area contributed by atoms with Gasteiger partial charge in [0.2, 0.25) is 10.0 Å². The molecule has 0 heterocycles. The number of nitrogens with zero attached hydrogens (tertiary/aromatic N) is 1. The summed E-state index contributed by atoms with van der Waals surface area (Å²) in [6.07, 6.45) is 0.421. The summed E-state index contributed by atoms with van der Waals surface area (Å²) in [5, 5.41) is 2.76. The summed E-state index contributed by atoms with van der Waals surface area (Å²) in [6, 6.07) is 12.3. The van der Waals surface area contributed by atoms with Crippen molar-refractivity contribution in [2.75, 3.05) is 22.9 Å². The third-order valence-electron chi connectivity index (χ3n) is 4.20. The van der Waals surface area contributed by atoms with Crippen LogP contribution in [0, 0.1) is 13.8 Å². The fourth-order valence-electron chi connectivity index (χ4n) is 2.31. The molecular weight excluding hydrogens is 352 g/mol. The molecule has 0 aliphatic rings. The average Bonchev–Trinajstić information content (AvgIpc) is 2.57. The Balaban J connectivity index is 2.11. The molecule has 0 fully saturated rings. The maximum Gasteiger partial charge on any atom is 0.265 e. The Morgan fingerprint density at radius 1 is 1.15 bits per heavy atom. The van der Waals surface area contributed by atoms with Crippen LogP contribution in [0.25, 0.3) is 0 Å². The van der Waals surface area contributed by atoms with E-state index in [1.165, 1.54) is 7.05 Å². The molecule has 0 aromatic heterocycles. The minimum absolute atomic E-state index is 0.315. The number of anilines is 2. The van der Waals surface area contributed by atoms with E-state index in [0.717, 1.165) is 21.7 Å². The smallest absolute Gasteiger partial charge is 0.265 e. The number of ether oxygens (including phenoxy) is 1. The Morgan fingerprint density at radius 3 is 2.46 bits per heavy atom. The van der Waals surface area contributed by atoms with Gasteiger partial charge in [-0.05, 0) is 56.2 Å². The molecule has 0 spiro atoms. The first-order chi connectivity index (χ1) is 12.1. The van der Waals surface area contributed by atoms with Crippen molar-refractivity contribution in [2.24, 2.45) is 0 Å². The Morgan fingerprint density at radius 2 is 1.81 bits per heavy atom. The van der Waals surface area contributed by atoms with Crippen LogP contribution in [-0.2, 0) is 14.8 Å². The van der Waals surface area contributed by atoms with Gasteiger partial charge in [-0.15, -0.1) is 0 Å². The van der Waals surface area contributed by atoms with Gasteiger partial charge in [0.1, 0.15) is 5.75 Å². The van der Waals surface area contributed by atoms with Crippen LogP contribution in [0.4, 0.5) is 11.4 Å². The van der Waals surface area contributed by atoms with Gasteiger partial charge in [-0.25, -0.2) is 8.42 Å². The molecular formula is C19H24N2O4S. The molecule has 1 atom stereocenters. The number of rotatable bonds is 6. The number of amides is 1. The highest BCUT2D eigenvalue weighted by molar-refractivity contribution is 7.92. The van der Waals surface area contributed by atoms with Crippen LogP contribution in [0.15, 0.2) is 42.5 Å². The molecule has 1 amide bonds. The van der Waals surface area contributed by atoms with Gasteiger partial charge < -0.3 is 10.1 Å². The van der Waals surface area contributed by atoms with Crippen molar-refractivity contribution < 1.29 is 17.9 Å². The maximum absolute atomic E-state index is 12.4. The van der Waals surface area contributed by atoms with Crippen LogP contribution in [0.1, 0.15) is 18.1 Å². The number of sulfonamides is 1. The van der Waals surface area contributed by atoms with Gasteiger partial charge in [0, 0.05) is 12.7 Å². The normalized spacial score (nSPS) is 12.3. The molecule has 0 saturated carbocycles. The van der Waals surface area contributed by atoms with Crippen molar-refractivity contribution in [3.63, 3.8) is 0 Å². The van der Waals surface area contributed by atoms with Crippen molar-refractivity contribution in [3.8, 4) is 5.75 Å². The minimum Gasteiger partial charge on any atom is -0.481 e. The molecule has 2 rings (SSSR count). The van der Waals surface area contributed by atoms with E-state index in [9.17, 15) is 13.2 Å². The molecule has 26 heavy (non-hydrogen) atoms. The zero-order valence-corrected chi connectivity index (χ0v) is 16.4. The molecule has 0 radical (unpaired) electrons. The summed E-state index contributed by atoms with van der Waals surface area (Å²) < 4.78 is 30.2. The number of nitrogens with one attached hydrogen (secondary N) is 1. The standard InChI is InChI=1S/C19H24N2O4S/c1-13-8-6-11-18(14(13)2)25-15(3)19(22)20-16-9-7-10-17(12-16)21(4)26(5,23)24/h6-12,15H,1-5H3,(H,20,22). The van der Waals surface area contributed by atoms with Crippen molar-refractivity contribution in [2.45, 2.75) is 26.9 Å². The highest BCUT2D eigenvalue weighted by atomic mass is 32.2. The van der Waals surface area contributed by atoms with Crippen LogP contribution < -0.4 is 14.4 Å². The predicted octanol–water partition coefficient (Wildman–Crippen LogP) is 3.11. The average molecular weight is 376 g/mol. The predicted molar refractivity (Wildman–Crippen MR) is 104 cm³/mol. The summed E-state index contributed by atoms with van der Waals surface area (Å²) in [5.41, 5.74) is 3.04. The van der Waals surface area contributed by atoms with Crippen molar-refractivity contribution in [3.05, 3.63) is 53.6 Å². The van der Waals surface area contributed by atoms with Crippen LogP contribution >= 0.6 is 0 Å². The Kier molecular flexibility index (Phi) is 5.92. The first kappa shape index (κ1) is 19.8. The number of benzene rings is 2. The van der Waals surface area contributed by atoms with Gasteiger partial charge >= 0.3 is 0 Å². The maximum atomic E-state index is 12.4. The molecule has 2 aromatic carbocycles. The van der Waals surface area contributed by atoms with Gasteiger partial charge in [0.25, 0.3) is 5.91 Å². The molecule has 140 valence electrons. The monoisotopic (exact) mass is 376 g/mol. The Labute approximate surface area is 154 Å². The molecule has 0 bridgehead atoms. The lowest BCUT2D eigenvalue weighted by Crippen LogP contribution is -2.30. The zero-order valence-electron chi connectivity index (χ0n) is 15.6. The second kappa shape index (κ2) is 7.78. The third kappa shape index (κ3) is 4.76. The zero-order chi connectivity index (χ0) is 19.5. The summed E-state index contributed by atoms with van der Waals surface area (Å²) in [4.78, 5) is 12.4. The third-order valence-corrected chi connectivity index (χ3v) is 5.41. The summed E-state index contributed by atoms with van der Waals surface area (Å²) >= 11 is 0. The quantitative estimate of drug-likeness (QED) is 0.840. The Bertz CT molecular complexity index is 910. The van der Waals surface area contributed by atoms with Crippen molar-refractivity contribution in [1.29, 1.82) is 0 Å². The van der Waals surface area contributed by atoms with Gasteiger partial charge in [-0.1, -0.05) is 18.2 Å². The molecule has 6 nitrogen and oxygen atoms in total.